The summed E-state index contributed by atoms with van der Waals surface area (Å²) in [5, 5.41) is 3.94. The Balaban J connectivity index is 1.49. The summed E-state index contributed by atoms with van der Waals surface area (Å²) in [4.78, 5) is 17.0. The van der Waals surface area contributed by atoms with Gasteiger partial charge in [-0.05, 0) is 42.0 Å². The van der Waals surface area contributed by atoms with E-state index >= 15 is 0 Å². The summed E-state index contributed by atoms with van der Waals surface area (Å²) < 4.78 is 16.3. The van der Waals surface area contributed by atoms with Gasteiger partial charge in [-0.2, -0.15) is 0 Å². The zero-order valence-corrected chi connectivity index (χ0v) is 18.1. The molecule has 1 heterocycles. The standard InChI is InChI=1S/C24H20Cl2FN3O/c25-17-10-8-16(9-11-17)14-24(31)28-13-12-23-29-21-6-1-2-7-22(21)30(23)15-18-19(26)4-3-5-20(18)27/h1-11H,12-15H2,(H,28,31). The molecule has 4 nitrogen and oxygen atoms in total. The Bertz CT molecular complexity index is 1200. The van der Waals surface area contributed by atoms with E-state index in [0.717, 1.165) is 22.4 Å². The fraction of sp³-hybridized carbons (Fsp3) is 0.167. The highest BCUT2D eigenvalue weighted by molar-refractivity contribution is 6.31. The van der Waals surface area contributed by atoms with Crippen molar-refractivity contribution in [1.29, 1.82) is 0 Å². The van der Waals surface area contributed by atoms with E-state index < -0.39 is 0 Å². The lowest BCUT2D eigenvalue weighted by Gasteiger charge is -2.12. The van der Waals surface area contributed by atoms with Crippen LogP contribution in [0.4, 0.5) is 4.39 Å². The summed E-state index contributed by atoms with van der Waals surface area (Å²) in [6, 6.07) is 19.5. The van der Waals surface area contributed by atoms with Gasteiger partial charge >= 0.3 is 0 Å². The molecule has 0 saturated carbocycles. The number of carbonyl (C=O) groups excluding carboxylic acids is 1. The number of para-hydroxylation sites is 2. The number of nitrogens with zero attached hydrogens (tertiary/aromatic N) is 2. The van der Waals surface area contributed by atoms with Gasteiger partial charge in [0.15, 0.2) is 0 Å². The van der Waals surface area contributed by atoms with E-state index in [4.69, 9.17) is 28.2 Å². The van der Waals surface area contributed by atoms with Gasteiger partial charge in [0.2, 0.25) is 5.91 Å². The summed E-state index contributed by atoms with van der Waals surface area (Å²) in [5.41, 5.74) is 3.02. The second-order valence-electron chi connectivity index (χ2n) is 7.21. The number of aromatic nitrogens is 2. The first-order valence-electron chi connectivity index (χ1n) is 9.89. The van der Waals surface area contributed by atoms with Crippen molar-refractivity contribution in [3.63, 3.8) is 0 Å². The molecule has 4 aromatic rings. The number of nitrogens with one attached hydrogen (secondary N) is 1. The van der Waals surface area contributed by atoms with Gasteiger partial charge in [0.1, 0.15) is 11.6 Å². The van der Waals surface area contributed by atoms with Crippen molar-refractivity contribution in [1.82, 2.24) is 14.9 Å². The zero-order valence-electron chi connectivity index (χ0n) is 16.6. The molecule has 1 aromatic heterocycles. The lowest BCUT2D eigenvalue weighted by atomic mass is 10.1. The van der Waals surface area contributed by atoms with Crippen LogP contribution in [0.5, 0.6) is 0 Å². The van der Waals surface area contributed by atoms with Crippen molar-refractivity contribution in [2.75, 3.05) is 6.54 Å². The summed E-state index contributed by atoms with van der Waals surface area (Å²) in [6.45, 7) is 0.681. The van der Waals surface area contributed by atoms with Gasteiger partial charge in [-0.1, -0.05) is 53.5 Å². The first kappa shape index (κ1) is 21.3. The number of halogens is 3. The van der Waals surface area contributed by atoms with Crippen LogP contribution in [0.1, 0.15) is 17.0 Å². The third-order valence-electron chi connectivity index (χ3n) is 5.06. The molecule has 0 radical (unpaired) electrons. The molecule has 0 aliphatic rings. The lowest BCUT2D eigenvalue weighted by Crippen LogP contribution is -2.28. The van der Waals surface area contributed by atoms with Crippen LogP contribution in [-0.2, 0) is 24.2 Å². The van der Waals surface area contributed by atoms with Crippen molar-refractivity contribution >= 4 is 40.1 Å². The Labute approximate surface area is 189 Å². The Morgan fingerprint density at radius 1 is 1.00 bits per heavy atom. The largest absolute Gasteiger partial charge is 0.355 e. The van der Waals surface area contributed by atoms with E-state index in [1.54, 1.807) is 24.3 Å². The molecule has 0 fully saturated rings. The molecular formula is C24H20Cl2FN3O. The fourth-order valence-corrected chi connectivity index (χ4v) is 3.85. The van der Waals surface area contributed by atoms with Crippen molar-refractivity contribution in [3.05, 3.63) is 99.5 Å². The highest BCUT2D eigenvalue weighted by atomic mass is 35.5. The molecule has 7 heteroatoms. The first-order valence-corrected chi connectivity index (χ1v) is 10.6. The average molecular weight is 456 g/mol. The second-order valence-corrected chi connectivity index (χ2v) is 8.05. The number of fused-ring (bicyclic) bond motifs is 1. The molecule has 0 bridgehead atoms. The molecule has 1 amide bonds. The molecule has 0 atom stereocenters. The van der Waals surface area contributed by atoms with Crippen LogP contribution in [0, 0.1) is 5.82 Å². The van der Waals surface area contributed by atoms with E-state index in [0.29, 0.717) is 28.6 Å². The van der Waals surface area contributed by atoms with Crippen LogP contribution in [0.3, 0.4) is 0 Å². The summed E-state index contributed by atoms with van der Waals surface area (Å²) in [5.74, 6) is 0.321. The topological polar surface area (TPSA) is 46.9 Å². The molecule has 31 heavy (non-hydrogen) atoms. The Morgan fingerprint density at radius 2 is 1.77 bits per heavy atom. The van der Waals surface area contributed by atoms with Gasteiger partial charge in [-0.3, -0.25) is 4.79 Å². The highest BCUT2D eigenvalue weighted by Gasteiger charge is 2.15. The highest BCUT2D eigenvalue weighted by Crippen LogP contribution is 2.24. The van der Waals surface area contributed by atoms with E-state index in [1.807, 2.05) is 41.0 Å². The maximum Gasteiger partial charge on any atom is 0.224 e. The number of hydrogen-bond donors (Lipinski definition) is 1. The molecule has 158 valence electrons. The summed E-state index contributed by atoms with van der Waals surface area (Å²) in [7, 11) is 0. The molecule has 4 rings (SSSR count). The van der Waals surface area contributed by atoms with Gasteiger partial charge < -0.3 is 9.88 Å². The maximum atomic E-state index is 14.4. The van der Waals surface area contributed by atoms with Crippen molar-refractivity contribution in [2.45, 2.75) is 19.4 Å². The number of amides is 1. The third-order valence-corrected chi connectivity index (χ3v) is 5.67. The predicted molar refractivity (Wildman–Crippen MR) is 122 cm³/mol. The molecule has 0 unspecified atom stereocenters. The Morgan fingerprint density at radius 3 is 2.55 bits per heavy atom. The van der Waals surface area contributed by atoms with E-state index in [2.05, 4.69) is 5.32 Å². The SMILES string of the molecule is O=C(Cc1ccc(Cl)cc1)NCCc1nc2ccccc2n1Cc1c(F)cccc1Cl. The Kier molecular flexibility index (Phi) is 6.54. The summed E-state index contributed by atoms with van der Waals surface area (Å²) in [6.07, 6.45) is 0.783. The van der Waals surface area contributed by atoms with Gasteiger partial charge in [0.05, 0.1) is 24.0 Å². The lowest BCUT2D eigenvalue weighted by molar-refractivity contribution is -0.120. The monoisotopic (exact) mass is 455 g/mol. The van der Waals surface area contributed by atoms with Crippen LogP contribution in [0.2, 0.25) is 10.0 Å². The molecular weight excluding hydrogens is 436 g/mol. The van der Waals surface area contributed by atoms with E-state index in [9.17, 15) is 9.18 Å². The van der Waals surface area contributed by atoms with Crippen LogP contribution in [-0.4, -0.2) is 22.0 Å². The normalized spacial score (nSPS) is 11.1. The molecule has 0 spiro atoms. The maximum absolute atomic E-state index is 14.4. The summed E-state index contributed by atoms with van der Waals surface area (Å²) >= 11 is 12.1. The zero-order chi connectivity index (χ0) is 21.8. The number of carbonyl (C=O) groups is 1. The van der Waals surface area contributed by atoms with Gasteiger partial charge in [0, 0.05) is 28.6 Å². The average Bonchev–Trinajstić information content (AvgIpc) is 3.10. The number of hydrogen-bond acceptors (Lipinski definition) is 2. The van der Waals surface area contributed by atoms with Crippen LogP contribution < -0.4 is 5.32 Å². The molecule has 3 aromatic carbocycles. The van der Waals surface area contributed by atoms with Gasteiger partial charge in [-0.15, -0.1) is 0 Å². The van der Waals surface area contributed by atoms with Crippen molar-refractivity contribution in [3.8, 4) is 0 Å². The van der Waals surface area contributed by atoms with Crippen LogP contribution in [0.25, 0.3) is 11.0 Å². The first-order chi connectivity index (χ1) is 15.0. The number of rotatable bonds is 7. The minimum atomic E-state index is -0.354. The second kappa shape index (κ2) is 9.50. The minimum Gasteiger partial charge on any atom is -0.355 e. The van der Waals surface area contributed by atoms with Gasteiger partial charge in [-0.25, -0.2) is 9.37 Å². The quantitative estimate of drug-likeness (QED) is 0.403. The molecule has 1 N–H and O–H groups in total. The number of benzene rings is 3. The third kappa shape index (κ3) is 5.06. The van der Waals surface area contributed by atoms with Crippen molar-refractivity contribution in [2.24, 2.45) is 0 Å². The van der Waals surface area contributed by atoms with Gasteiger partial charge in [0.25, 0.3) is 0 Å². The predicted octanol–water partition coefficient (Wildman–Crippen LogP) is 5.43. The van der Waals surface area contributed by atoms with Crippen LogP contribution in [0.15, 0.2) is 66.7 Å². The number of imidazole rings is 1. The smallest absolute Gasteiger partial charge is 0.224 e. The Hall–Kier alpha value is -2.89. The molecule has 0 aliphatic heterocycles. The van der Waals surface area contributed by atoms with Crippen molar-refractivity contribution < 1.29 is 9.18 Å². The minimum absolute atomic E-state index is 0.0814. The van der Waals surface area contributed by atoms with E-state index in [1.165, 1.54) is 6.07 Å². The fourth-order valence-electron chi connectivity index (χ4n) is 3.50. The molecule has 0 aliphatic carbocycles. The van der Waals surface area contributed by atoms with Crippen LogP contribution >= 0.6 is 23.2 Å². The molecule has 0 saturated heterocycles. The van der Waals surface area contributed by atoms with E-state index in [-0.39, 0.29) is 24.7 Å².